The van der Waals surface area contributed by atoms with Gasteiger partial charge >= 0.3 is 0 Å². The van der Waals surface area contributed by atoms with Gasteiger partial charge in [0.1, 0.15) is 18.1 Å². The summed E-state index contributed by atoms with van der Waals surface area (Å²) in [6.07, 6.45) is 2.31. The van der Waals surface area contributed by atoms with Crippen molar-refractivity contribution < 1.29 is 19.0 Å². The van der Waals surface area contributed by atoms with E-state index in [1.165, 1.54) is 11.8 Å². The summed E-state index contributed by atoms with van der Waals surface area (Å²) in [6, 6.07) is 15.2. The maximum atomic E-state index is 12.2. The molecule has 1 aliphatic rings. The summed E-state index contributed by atoms with van der Waals surface area (Å²) in [5, 5.41) is 2.92. The zero-order valence-corrected chi connectivity index (χ0v) is 16.3. The van der Waals surface area contributed by atoms with Gasteiger partial charge in [-0.05, 0) is 56.2 Å². The van der Waals surface area contributed by atoms with E-state index in [2.05, 4.69) is 5.32 Å². The second-order valence-electron chi connectivity index (χ2n) is 6.22. The molecule has 1 saturated heterocycles. The number of thioether (sulfide) groups is 1. The van der Waals surface area contributed by atoms with E-state index in [1.54, 1.807) is 0 Å². The highest BCUT2D eigenvalue weighted by atomic mass is 32.2. The molecule has 3 rings (SSSR count). The van der Waals surface area contributed by atoms with Crippen molar-refractivity contribution >= 4 is 23.4 Å². The van der Waals surface area contributed by atoms with Crippen molar-refractivity contribution in [3.05, 3.63) is 48.5 Å². The first-order chi connectivity index (χ1) is 13.2. The molecular weight excluding hydrogens is 362 g/mol. The monoisotopic (exact) mass is 387 g/mol. The summed E-state index contributed by atoms with van der Waals surface area (Å²) >= 11 is 1.49. The molecule has 1 heterocycles. The maximum absolute atomic E-state index is 12.2. The third-order valence-electron chi connectivity index (χ3n) is 4.08. The summed E-state index contributed by atoms with van der Waals surface area (Å²) in [7, 11) is 0. The van der Waals surface area contributed by atoms with Crippen LogP contribution in [0, 0.1) is 0 Å². The molecule has 0 saturated carbocycles. The van der Waals surface area contributed by atoms with Crippen LogP contribution in [0.15, 0.2) is 53.4 Å². The van der Waals surface area contributed by atoms with Crippen LogP contribution in [0.2, 0.25) is 0 Å². The van der Waals surface area contributed by atoms with E-state index >= 15 is 0 Å². The van der Waals surface area contributed by atoms with E-state index in [0.29, 0.717) is 19.0 Å². The Morgan fingerprint density at radius 1 is 1.19 bits per heavy atom. The molecule has 1 aliphatic heterocycles. The summed E-state index contributed by atoms with van der Waals surface area (Å²) in [5.74, 6) is 1.87. The average Bonchev–Trinajstić information content (AvgIpc) is 3.20. The molecule has 2 aromatic carbocycles. The SMILES string of the molecule is CCOc1ccc(SCC(=O)Nc2cccc(OCC3CCCO3)c2)cc1. The number of nitrogens with one attached hydrogen (secondary N) is 1. The molecule has 0 bridgehead atoms. The minimum Gasteiger partial charge on any atom is -0.494 e. The standard InChI is InChI=1S/C21H25NO4S/c1-2-24-17-8-10-20(11-9-17)27-15-21(23)22-16-5-3-6-18(13-16)26-14-19-7-4-12-25-19/h3,5-6,8-11,13,19H,2,4,7,12,14-15H2,1H3,(H,22,23). The third kappa shape index (κ3) is 6.48. The average molecular weight is 388 g/mol. The number of ether oxygens (including phenoxy) is 3. The summed E-state index contributed by atoms with van der Waals surface area (Å²) < 4.78 is 16.8. The van der Waals surface area contributed by atoms with Gasteiger partial charge in [-0.2, -0.15) is 0 Å². The van der Waals surface area contributed by atoms with E-state index in [4.69, 9.17) is 14.2 Å². The van der Waals surface area contributed by atoms with Crippen molar-refractivity contribution in [1.29, 1.82) is 0 Å². The van der Waals surface area contributed by atoms with Crippen molar-refractivity contribution in [3.8, 4) is 11.5 Å². The molecule has 0 aromatic heterocycles. The number of rotatable bonds is 9. The first-order valence-corrected chi connectivity index (χ1v) is 10.2. The smallest absolute Gasteiger partial charge is 0.234 e. The second-order valence-corrected chi connectivity index (χ2v) is 7.26. The molecule has 6 heteroatoms. The van der Waals surface area contributed by atoms with Gasteiger partial charge < -0.3 is 19.5 Å². The minimum atomic E-state index is -0.0508. The molecule has 27 heavy (non-hydrogen) atoms. The van der Waals surface area contributed by atoms with Gasteiger partial charge in [-0.25, -0.2) is 0 Å². The fourth-order valence-electron chi connectivity index (χ4n) is 2.77. The Bertz CT molecular complexity index is 729. The number of amides is 1. The zero-order valence-electron chi connectivity index (χ0n) is 15.5. The summed E-state index contributed by atoms with van der Waals surface area (Å²) in [4.78, 5) is 13.2. The fraction of sp³-hybridized carbons (Fsp3) is 0.381. The van der Waals surface area contributed by atoms with E-state index in [9.17, 15) is 4.79 Å². The number of benzene rings is 2. The van der Waals surface area contributed by atoms with Crippen LogP contribution in [-0.4, -0.2) is 37.6 Å². The molecule has 0 radical (unpaired) electrons. The predicted molar refractivity (Wildman–Crippen MR) is 108 cm³/mol. The van der Waals surface area contributed by atoms with Gasteiger partial charge in [0.25, 0.3) is 0 Å². The Hall–Kier alpha value is -2.18. The second kappa shape index (κ2) is 10.2. The lowest BCUT2D eigenvalue weighted by Crippen LogP contribution is -2.17. The maximum Gasteiger partial charge on any atom is 0.234 e. The minimum absolute atomic E-state index is 0.0508. The Labute approximate surface area is 164 Å². The van der Waals surface area contributed by atoms with E-state index in [1.807, 2.05) is 55.5 Å². The molecular formula is C21H25NO4S. The topological polar surface area (TPSA) is 56.8 Å². The molecule has 144 valence electrons. The van der Waals surface area contributed by atoms with Crippen LogP contribution in [0.25, 0.3) is 0 Å². The highest BCUT2D eigenvalue weighted by Crippen LogP contribution is 2.23. The lowest BCUT2D eigenvalue weighted by Gasteiger charge is -2.12. The number of hydrogen-bond acceptors (Lipinski definition) is 5. The fourth-order valence-corrected chi connectivity index (χ4v) is 3.47. The lowest BCUT2D eigenvalue weighted by molar-refractivity contribution is -0.113. The van der Waals surface area contributed by atoms with E-state index in [-0.39, 0.29) is 12.0 Å². The number of hydrogen-bond donors (Lipinski definition) is 1. The van der Waals surface area contributed by atoms with Gasteiger partial charge in [-0.15, -0.1) is 11.8 Å². The van der Waals surface area contributed by atoms with Crippen LogP contribution in [0.5, 0.6) is 11.5 Å². The van der Waals surface area contributed by atoms with Gasteiger partial charge in [-0.3, -0.25) is 4.79 Å². The molecule has 1 atom stereocenters. The number of carbonyl (C=O) groups excluding carboxylic acids is 1. The lowest BCUT2D eigenvalue weighted by atomic mass is 10.2. The summed E-state index contributed by atoms with van der Waals surface area (Å²) in [5.41, 5.74) is 0.733. The van der Waals surface area contributed by atoms with Crippen LogP contribution >= 0.6 is 11.8 Å². The van der Waals surface area contributed by atoms with Crippen molar-refractivity contribution in [2.24, 2.45) is 0 Å². The third-order valence-corrected chi connectivity index (χ3v) is 5.09. The quantitative estimate of drug-likeness (QED) is 0.648. The molecule has 5 nitrogen and oxygen atoms in total. The zero-order chi connectivity index (χ0) is 18.9. The van der Waals surface area contributed by atoms with Gasteiger partial charge in [0.2, 0.25) is 5.91 Å². The Morgan fingerprint density at radius 3 is 2.78 bits per heavy atom. The Kier molecular flexibility index (Phi) is 7.42. The van der Waals surface area contributed by atoms with Crippen LogP contribution in [0.1, 0.15) is 19.8 Å². The molecule has 1 fully saturated rings. The molecule has 2 aromatic rings. The Morgan fingerprint density at radius 2 is 2.04 bits per heavy atom. The van der Waals surface area contributed by atoms with Crippen LogP contribution < -0.4 is 14.8 Å². The molecule has 1 unspecified atom stereocenters. The molecule has 0 spiro atoms. The Balaban J connectivity index is 1.44. The van der Waals surface area contributed by atoms with Crippen molar-refractivity contribution in [2.45, 2.75) is 30.8 Å². The summed E-state index contributed by atoms with van der Waals surface area (Å²) in [6.45, 7) is 3.96. The van der Waals surface area contributed by atoms with Crippen molar-refractivity contribution in [1.82, 2.24) is 0 Å². The van der Waals surface area contributed by atoms with Gasteiger partial charge in [0.15, 0.2) is 0 Å². The van der Waals surface area contributed by atoms with E-state index in [0.717, 1.165) is 41.5 Å². The first-order valence-electron chi connectivity index (χ1n) is 9.23. The van der Waals surface area contributed by atoms with Crippen molar-refractivity contribution in [3.63, 3.8) is 0 Å². The van der Waals surface area contributed by atoms with Gasteiger partial charge in [-0.1, -0.05) is 6.07 Å². The van der Waals surface area contributed by atoms with Crippen molar-refractivity contribution in [2.75, 3.05) is 30.9 Å². The predicted octanol–water partition coefficient (Wildman–Crippen LogP) is 4.37. The largest absolute Gasteiger partial charge is 0.494 e. The highest BCUT2D eigenvalue weighted by molar-refractivity contribution is 8.00. The van der Waals surface area contributed by atoms with Gasteiger partial charge in [0, 0.05) is 23.3 Å². The first kappa shape index (κ1) is 19.6. The normalized spacial score (nSPS) is 16.1. The van der Waals surface area contributed by atoms with Gasteiger partial charge in [0.05, 0.1) is 18.5 Å². The molecule has 0 aliphatic carbocycles. The number of carbonyl (C=O) groups is 1. The van der Waals surface area contributed by atoms with Crippen LogP contribution in [0.3, 0.4) is 0 Å². The van der Waals surface area contributed by atoms with Crippen LogP contribution in [-0.2, 0) is 9.53 Å². The number of anilines is 1. The molecule has 1 amide bonds. The highest BCUT2D eigenvalue weighted by Gasteiger charge is 2.16. The molecule has 1 N–H and O–H groups in total. The van der Waals surface area contributed by atoms with E-state index < -0.39 is 0 Å². The van der Waals surface area contributed by atoms with Crippen LogP contribution in [0.4, 0.5) is 5.69 Å².